The summed E-state index contributed by atoms with van der Waals surface area (Å²) in [5, 5.41) is 10.9. The summed E-state index contributed by atoms with van der Waals surface area (Å²) in [6.07, 6.45) is 3.99. The van der Waals surface area contributed by atoms with Crippen LogP contribution < -0.4 is 10.6 Å². The third-order valence-electron chi connectivity index (χ3n) is 5.39. The summed E-state index contributed by atoms with van der Waals surface area (Å²) in [5.41, 5.74) is 2.19. The van der Waals surface area contributed by atoms with Gasteiger partial charge in [-0.3, -0.25) is 4.99 Å². The molecule has 1 aromatic carbocycles. The van der Waals surface area contributed by atoms with Gasteiger partial charge in [0.2, 0.25) is 0 Å². The first-order chi connectivity index (χ1) is 15.1. The first kappa shape index (κ1) is 24.9. The van der Waals surface area contributed by atoms with Gasteiger partial charge >= 0.3 is 0 Å². The minimum absolute atomic E-state index is 0.398. The van der Waals surface area contributed by atoms with Gasteiger partial charge in [-0.2, -0.15) is 4.98 Å². The van der Waals surface area contributed by atoms with E-state index in [1.54, 1.807) is 0 Å². The molecule has 1 aromatic heterocycles. The van der Waals surface area contributed by atoms with Gasteiger partial charge in [-0.25, -0.2) is 0 Å². The molecule has 2 rings (SSSR count). The fraction of sp³-hybridized carbons (Fsp3) is 0.625. The number of aliphatic imine (C=N–C) groups is 1. The molecule has 7 nitrogen and oxygen atoms in total. The maximum atomic E-state index is 5.31. The normalized spacial score (nSPS) is 12.9. The third-order valence-corrected chi connectivity index (χ3v) is 5.39. The lowest BCUT2D eigenvalue weighted by atomic mass is 10.1. The molecule has 172 valence electrons. The van der Waals surface area contributed by atoms with E-state index in [4.69, 9.17) is 9.52 Å². The molecule has 0 amide bonds. The topological polar surface area (TPSA) is 78.6 Å². The molecule has 2 aromatic rings. The number of aromatic nitrogens is 2. The largest absolute Gasteiger partial charge is 0.357 e. The van der Waals surface area contributed by atoms with Gasteiger partial charge in [0.05, 0.1) is 0 Å². The summed E-state index contributed by atoms with van der Waals surface area (Å²) in [6, 6.07) is 8.68. The van der Waals surface area contributed by atoms with Crippen LogP contribution in [0.5, 0.6) is 0 Å². The second-order valence-corrected chi connectivity index (χ2v) is 7.79. The van der Waals surface area contributed by atoms with Crippen molar-refractivity contribution in [2.75, 3.05) is 32.7 Å². The van der Waals surface area contributed by atoms with Crippen molar-refractivity contribution in [1.29, 1.82) is 0 Å². The minimum atomic E-state index is 0.398. The second-order valence-electron chi connectivity index (χ2n) is 7.79. The van der Waals surface area contributed by atoms with Crippen LogP contribution >= 0.6 is 0 Å². The maximum absolute atomic E-state index is 5.31. The number of hydrogen-bond acceptors (Lipinski definition) is 5. The van der Waals surface area contributed by atoms with Gasteiger partial charge in [-0.1, -0.05) is 38.1 Å². The first-order valence-corrected chi connectivity index (χ1v) is 11.8. The molecular formula is C24H40N6O. The molecule has 0 aliphatic rings. The summed E-state index contributed by atoms with van der Waals surface area (Å²) < 4.78 is 5.31. The first-order valence-electron chi connectivity index (χ1n) is 11.8. The fourth-order valence-electron chi connectivity index (χ4n) is 3.41. The number of hydrogen-bond donors (Lipinski definition) is 2. The second kappa shape index (κ2) is 13.8. The standard InChI is InChI=1S/C24H40N6O/c1-6-22-28-23(31-29-22)21-14-12-20(13-15-21)16-17-26-24(25-7-2)27-19(5)11-10-18-30(8-3)9-4/h12-15,19H,6-11,16-18H2,1-5H3,(H2,25,26,27). The van der Waals surface area contributed by atoms with E-state index in [-0.39, 0.29) is 0 Å². The van der Waals surface area contributed by atoms with Crippen LogP contribution in [0.25, 0.3) is 11.5 Å². The van der Waals surface area contributed by atoms with Crippen LogP contribution in [0.4, 0.5) is 0 Å². The minimum Gasteiger partial charge on any atom is -0.357 e. The van der Waals surface area contributed by atoms with Gasteiger partial charge in [0.25, 0.3) is 5.89 Å². The summed E-state index contributed by atoms with van der Waals surface area (Å²) in [7, 11) is 0. The molecule has 2 N–H and O–H groups in total. The van der Waals surface area contributed by atoms with Crippen molar-refractivity contribution in [2.24, 2.45) is 4.99 Å². The molecule has 0 saturated heterocycles. The molecule has 0 saturated carbocycles. The molecule has 0 aliphatic carbocycles. The van der Waals surface area contributed by atoms with E-state index < -0.39 is 0 Å². The van der Waals surface area contributed by atoms with Gasteiger partial charge in [0, 0.05) is 31.1 Å². The molecular weight excluding hydrogens is 388 g/mol. The summed E-state index contributed by atoms with van der Waals surface area (Å²) in [6.45, 7) is 15.8. The van der Waals surface area contributed by atoms with Crippen molar-refractivity contribution >= 4 is 5.96 Å². The van der Waals surface area contributed by atoms with Crippen LogP contribution in [0.2, 0.25) is 0 Å². The predicted molar refractivity (Wildman–Crippen MR) is 128 cm³/mol. The van der Waals surface area contributed by atoms with Gasteiger partial charge in [-0.15, -0.1) is 0 Å². The lowest BCUT2D eigenvalue weighted by Crippen LogP contribution is -2.42. The lowest BCUT2D eigenvalue weighted by Gasteiger charge is -2.21. The summed E-state index contributed by atoms with van der Waals surface area (Å²) in [4.78, 5) is 11.6. The van der Waals surface area contributed by atoms with E-state index in [0.29, 0.717) is 11.9 Å². The number of benzene rings is 1. The van der Waals surface area contributed by atoms with E-state index in [1.807, 2.05) is 19.1 Å². The van der Waals surface area contributed by atoms with Crippen molar-refractivity contribution in [3.8, 4) is 11.5 Å². The molecule has 1 heterocycles. The highest BCUT2D eigenvalue weighted by molar-refractivity contribution is 5.80. The van der Waals surface area contributed by atoms with Crippen molar-refractivity contribution in [2.45, 2.75) is 66.3 Å². The van der Waals surface area contributed by atoms with Crippen molar-refractivity contribution in [3.63, 3.8) is 0 Å². The van der Waals surface area contributed by atoms with Gasteiger partial charge in [-0.05, 0) is 70.4 Å². The van der Waals surface area contributed by atoms with Crippen LogP contribution in [0.1, 0.15) is 58.8 Å². The molecule has 7 heteroatoms. The highest BCUT2D eigenvalue weighted by Crippen LogP contribution is 2.18. The molecule has 0 radical (unpaired) electrons. The number of guanidine groups is 1. The SMILES string of the molecule is CCNC(=NCCc1ccc(-c2nc(CC)no2)cc1)NC(C)CCCN(CC)CC. The lowest BCUT2D eigenvalue weighted by molar-refractivity contribution is 0.292. The van der Waals surface area contributed by atoms with E-state index in [0.717, 1.165) is 69.3 Å². The number of aryl methyl sites for hydroxylation is 1. The molecule has 0 bridgehead atoms. The Bertz CT molecular complexity index is 767. The third kappa shape index (κ3) is 8.69. The zero-order valence-electron chi connectivity index (χ0n) is 19.9. The molecule has 0 spiro atoms. The van der Waals surface area contributed by atoms with E-state index in [9.17, 15) is 0 Å². The summed E-state index contributed by atoms with van der Waals surface area (Å²) in [5.74, 6) is 2.21. The average Bonchev–Trinajstić information content (AvgIpc) is 3.27. The highest BCUT2D eigenvalue weighted by Gasteiger charge is 2.08. The number of rotatable bonds is 13. The van der Waals surface area contributed by atoms with Crippen LogP contribution in [-0.2, 0) is 12.8 Å². The Morgan fingerprint density at radius 3 is 2.48 bits per heavy atom. The van der Waals surface area contributed by atoms with Crippen molar-refractivity contribution < 1.29 is 4.52 Å². The Morgan fingerprint density at radius 1 is 1.13 bits per heavy atom. The van der Waals surface area contributed by atoms with Gasteiger partial charge in [0.1, 0.15) is 0 Å². The number of nitrogens with zero attached hydrogens (tertiary/aromatic N) is 4. The Morgan fingerprint density at radius 2 is 1.87 bits per heavy atom. The highest BCUT2D eigenvalue weighted by atomic mass is 16.5. The molecule has 31 heavy (non-hydrogen) atoms. The van der Waals surface area contributed by atoms with Gasteiger partial charge in [0.15, 0.2) is 11.8 Å². The zero-order valence-corrected chi connectivity index (χ0v) is 19.9. The smallest absolute Gasteiger partial charge is 0.257 e. The van der Waals surface area contributed by atoms with E-state index >= 15 is 0 Å². The Kier molecular flexibility index (Phi) is 11.1. The zero-order chi connectivity index (χ0) is 22.5. The Labute approximate surface area is 187 Å². The molecule has 0 fully saturated rings. The quantitative estimate of drug-likeness (QED) is 0.372. The van der Waals surface area contributed by atoms with Crippen LogP contribution in [0.15, 0.2) is 33.8 Å². The average molecular weight is 429 g/mol. The predicted octanol–water partition coefficient (Wildman–Crippen LogP) is 3.91. The van der Waals surface area contributed by atoms with Crippen LogP contribution in [0.3, 0.4) is 0 Å². The Balaban J connectivity index is 1.82. The van der Waals surface area contributed by atoms with Crippen molar-refractivity contribution in [3.05, 3.63) is 35.7 Å². The Hall–Kier alpha value is -2.41. The van der Waals surface area contributed by atoms with Gasteiger partial charge < -0.3 is 20.1 Å². The van der Waals surface area contributed by atoms with Crippen LogP contribution in [-0.4, -0.2) is 59.8 Å². The van der Waals surface area contributed by atoms with Crippen molar-refractivity contribution in [1.82, 2.24) is 25.7 Å². The maximum Gasteiger partial charge on any atom is 0.257 e. The fourth-order valence-corrected chi connectivity index (χ4v) is 3.41. The molecule has 1 atom stereocenters. The van der Waals surface area contributed by atoms with E-state index in [1.165, 1.54) is 12.0 Å². The number of nitrogens with one attached hydrogen (secondary N) is 2. The molecule has 0 aliphatic heterocycles. The summed E-state index contributed by atoms with van der Waals surface area (Å²) >= 11 is 0. The van der Waals surface area contributed by atoms with E-state index in [2.05, 4.69) is 65.5 Å². The monoisotopic (exact) mass is 428 g/mol. The molecule has 1 unspecified atom stereocenters. The van der Waals surface area contributed by atoms with Crippen LogP contribution in [0, 0.1) is 0 Å².